The molecule has 0 saturated carbocycles. The molecule has 0 bridgehead atoms. The zero-order valence-electron chi connectivity index (χ0n) is 15.0. The van der Waals surface area contributed by atoms with Gasteiger partial charge in [0.05, 0.1) is 11.2 Å². The van der Waals surface area contributed by atoms with E-state index in [1.54, 1.807) is 13.1 Å². The number of hydrogen-bond acceptors (Lipinski definition) is 5. The van der Waals surface area contributed by atoms with Crippen LogP contribution in [-0.4, -0.2) is 34.2 Å². The molecule has 2 rings (SSSR count). The molecular formula is C17H23BClNO3S. The highest BCUT2D eigenvalue weighted by Gasteiger charge is 2.52. The summed E-state index contributed by atoms with van der Waals surface area (Å²) in [7, 11) is -0.516. The summed E-state index contributed by atoms with van der Waals surface area (Å²) in [5, 5.41) is 0.475. The summed E-state index contributed by atoms with van der Waals surface area (Å²) < 4.78 is 12.3. The molecule has 0 atom stereocenters. The van der Waals surface area contributed by atoms with Crippen molar-refractivity contribution < 1.29 is 14.1 Å². The molecule has 1 fully saturated rings. The predicted molar refractivity (Wildman–Crippen MR) is 101 cm³/mol. The molecule has 1 aromatic heterocycles. The van der Waals surface area contributed by atoms with E-state index in [9.17, 15) is 4.79 Å². The summed E-state index contributed by atoms with van der Waals surface area (Å²) in [6.45, 7) is 11.5. The van der Waals surface area contributed by atoms with Crippen molar-refractivity contribution in [3.05, 3.63) is 34.0 Å². The Morgan fingerprint density at radius 2 is 1.92 bits per heavy atom. The number of thioether (sulfide) groups is 1. The van der Waals surface area contributed by atoms with E-state index in [1.807, 2.05) is 46.8 Å². The largest absolute Gasteiger partial charge is 0.491 e. The van der Waals surface area contributed by atoms with Crippen LogP contribution >= 0.6 is 23.4 Å². The van der Waals surface area contributed by atoms with Crippen LogP contribution in [0.15, 0.2) is 17.7 Å². The van der Waals surface area contributed by atoms with Crippen LogP contribution in [0, 0.1) is 6.92 Å². The average Bonchev–Trinajstić information content (AvgIpc) is 2.65. The third-order valence-corrected chi connectivity index (χ3v) is 5.67. The second kappa shape index (κ2) is 7.20. The number of pyridine rings is 1. The highest BCUT2D eigenvalue weighted by atomic mass is 35.5. The van der Waals surface area contributed by atoms with Gasteiger partial charge in [-0.1, -0.05) is 29.4 Å². The van der Waals surface area contributed by atoms with Gasteiger partial charge in [-0.3, -0.25) is 4.79 Å². The predicted octanol–water partition coefficient (Wildman–Crippen LogP) is 4.34. The quantitative estimate of drug-likeness (QED) is 0.585. The normalized spacial score (nSPS) is 19.6. The van der Waals surface area contributed by atoms with E-state index in [4.69, 9.17) is 20.9 Å². The molecule has 1 aliphatic rings. The lowest BCUT2D eigenvalue weighted by molar-refractivity contribution is -0.109. The number of aryl methyl sites for hydroxylation is 1. The van der Waals surface area contributed by atoms with Crippen LogP contribution in [0.25, 0.3) is 6.08 Å². The minimum Gasteiger partial charge on any atom is -0.400 e. The molecule has 2 heterocycles. The van der Waals surface area contributed by atoms with Crippen molar-refractivity contribution in [2.75, 3.05) is 5.75 Å². The Morgan fingerprint density at radius 1 is 1.33 bits per heavy atom. The number of halogens is 1. The van der Waals surface area contributed by atoms with Gasteiger partial charge in [0, 0.05) is 24.4 Å². The Bertz CT molecular complexity index is 640. The Balaban J connectivity index is 2.39. The van der Waals surface area contributed by atoms with Gasteiger partial charge in [0.2, 0.25) is 0 Å². The van der Waals surface area contributed by atoms with Gasteiger partial charge in [0.1, 0.15) is 5.15 Å². The minimum absolute atomic E-state index is 0.0476. The van der Waals surface area contributed by atoms with Crippen LogP contribution in [0.4, 0.5) is 0 Å². The van der Waals surface area contributed by atoms with Crippen LogP contribution in [0.2, 0.25) is 5.15 Å². The maximum absolute atomic E-state index is 11.4. The molecule has 4 nitrogen and oxygen atoms in total. The number of rotatable bonds is 4. The number of carbonyl (C=O) groups excluding carboxylic acids is 1. The van der Waals surface area contributed by atoms with E-state index in [-0.39, 0.29) is 5.12 Å². The van der Waals surface area contributed by atoms with Crippen molar-refractivity contribution in [1.29, 1.82) is 0 Å². The summed E-state index contributed by atoms with van der Waals surface area (Å²) >= 11 is 7.47. The van der Waals surface area contributed by atoms with E-state index < -0.39 is 18.3 Å². The van der Waals surface area contributed by atoms with E-state index in [1.165, 1.54) is 11.8 Å². The molecule has 1 aromatic rings. The molecular weight excluding hydrogens is 345 g/mol. The topological polar surface area (TPSA) is 48.4 Å². The molecule has 24 heavy (non-hydrogen) atoms. The fraction of sp³-hybridized carbons (Fsp3) is 0.529. The SMILES string of the molecule is CC(=O)SCC(=Cc1c(C)ccnc1Cl)B1OC(C)(C)C(C)(C)O1. The highest BCUT2D eigenvalue weighted by molar-refractivity contribution is 8.13. The third kappa shape index (κ3) is 4.23. The minimum atomic E-state index is -0.516. The maximum atomic E-state index is 11.4. The second-order valence-electron chi connectivity index (χ2n) is 6.92. The standard InChI is InChI=1S/C17H23BClNO3S/c1-11-7-8-20-15(19)14(11)9-13(10-24-12(2)21)18-22-16(3,4)17(5,6)23-18/h7-9H,10H2,1-6H3. The second-order valence-corrected chi connectivity index (χ2v) is 8.43. The van der Waals surface area contributed by atoms with Crippen LogP contribution in [0.5, 0.6) is 0 Å². The third-order valence-electron chi connectivity index (χ3n) is 4.49. The molecule has 0 spiro atoms. The lowest BCUT2D eigenvalue weighted by Crippen LogP contribution is -2.41. The van der Waals surface area contributed by atoms with Crippen molar-refractivity contribution in [2.45, 2.75) is 52.7 Å². The van der Waals surface area contributed by atoms with Gasteiger partial charge in [-0.2, -0.15) is 0 Å². The summed E-state index contributed by atoms with van der Waals surface area (Å²) in [4.78, 5) is 15.6. The highest BCUT2D eigenvalue weighted by Crippen LogP contribution is 2.39. The van der Waals surface area contributed by atoms with Crippen LogP contribution in [0.3, 0.4) is 0 Å². The van der Waals surface area contributed by atoms with Crippen molar-refractivity contribution >= 4 is 41.7 Å². The number of aromatic nitrogens is 1. The monoisotopic (exact) mass is 367 g/mol. The van der Waals surface area contributed by atoms with Gasteiger partial charge >= 0.3 is 7.12 Å². The van der Waals surface area contributed by atoms with Crippen molar-refractivity contribution in [2.24, 2.45) is 0 Å². The molecule has 0 aliphatic carbocycles. The van der Waals surface area contributed by atoms with Gasteiger partial charge in [-0.25, -0.2) is 4.98 Å². The zero-order chi connectivity index (χ0) is 18.1. The van der Waals surface area contributed by atoms with Crippen molar-refractivity contribution in [3.8, 4) is 0 Å². The molecule has 7 heteroatoms. The number of carbonyl (C=O) groups is 1. The van der Waals surface area contributed by atoms with Crippen molar-refractivity contribution in [3.63, 3.8) is 0 Å². The Labute approximate surface area is 153 Å². The first kappa shape index (κ1) is 19.5. The van der Waals surface area contributed by atoms with E-state index in [0.29, 0.717) is 10.9 Å². The van der Waals surface area contributed by atoms with Crippen LogP contribution in [0.1, 0.15) is 45.7 Å². The summed E-state index contributed by atoms with van der Waals surface area (Å²) in [6.07, 6.45) is 3.61. The zero-order valence-corrected chi connectivity index (χ0v) is 16.5. The summed E-state index contributed by atoms with van der Waals surface area (Å²) in [5.74, 6) is 0.483. The summed E-state index contributed by atoms with van der Waals surface area (Å²) in [5.41, 5.74) is 1.83. The molecule has 0 amide bonds. The molecule has 1 saturated heterocycles. The Morgan fingerprint density at radius 3 is 2.42 bits per heavy atom. The first-order valence-electron chi connectivity index (χ1n) is 7.84. The molecule has 0 N–H and O–H groups in total. The summed E-state index contributed by atoms with van der Waals surface area (Å²) in [6, 6.07) is 1.90. The van der Waals surface area contributed by atoms with Crippen molar-refractivity contribution in [1.82, 2.24) is 4.98 Å². The van der Waals surface area contributed by atoms with Crippen LogP contribution in [-0.2, 0) is 14.1 Å². The molecule has 1 aliphatic heterocycles. The molecule has 0 unspecified atom stereocenters. The lowest BCUT2D eigenvalue weighted by atomic mass is 9.78. The average molecular weight is 368 g/mol. The van der Waals surface area contributed by atoms with E-state index >= 15 is 0 Å². The first-order valence-corrected chi connectivity index (χ1v) is 9.20. The smallest absolute Gasteiger partial charge is 0.400 e. The first-order chi connectivity index (χ1) is 11.0. The molecule has 0 radical (unpaired) electrons. The van der Waals surface area contributed by atoms with Gasteiger partial charge in [0.25, 0.3) is 0 Å². The van der Waals surface area contributed by atoms with Crippen LogP contribution < -0.4 is 0 Å². The Hall–Kier alpha value is -0.815. The molecule has 130 valence electrons. The lowest BCUT2D eigenvalue weighted by Gasteiger charge is -2.32. The fourth-order valence-electron chi connectivity index (χ4n) is 2.25. The van der Waals surface area contributed by atoms with E-state index in [0.717, 1.165) is 16.6 Å². The fourth-order valence-corrected chi connectivity index (χ4v) is 3.10. The molecule has 0 aromatic carbocycles. The Kier molecular flexibility index (Phi) is 5.85. The van der Waals surface area contributed by atoms with Gasteiger partial charge < -0.3 is 9.31 Å². The maximum Gasteiger partial charge on any atom is 0.491 e. The number of hydrogen-bond donors (Lipinski definition) is 0. The van der Waals surface area contributed by atoms with Gasteiger partial charge in [-0.15, -0.1) is 0 Å². The number of nitrogens with zero attached hydrogens (tertiary/aromatic N) is 1. The van der Waals surface area contributed by atoms with Gasteiger partial charge in [0.15, 0.2) is 5.12 Å². The van der Waals surface area contributed by atoms with E-state index in [2.05, 4.69) is 4.98 Å². The van der Waals surface area contributed by atoms with Gasteiger partial charge in [-0.05, 0) is 51.7 Å².